The van der Waals surface area contributed by atoms with Crippen molar-refractivity contribution in [1.82, 2.24) is 0 Å². The van der Waals surface area contributed by atoms with Crippen LogP contribution in [-0.2, 0) is 6.54 Å². The van der Waals surface area contributed by atoms with Crippen LogP contribution in [0.1, 0.15) is 5.56 Å². The van der Waals surface area contributed by atoms with E-state index in [1.165, 1.54) is 0 Å². The number of hydrogen-bond acceptors (Lipinski definition) is 3. The molecule has 1 rings (SSSR count). The van der Waals surface area contributed by atoms with Crippen LogP contribution in [0.15, 0.2) is 23.1 Å². The van der Waals surface area contributed by atoms with Crippen molar-refractivity contribution in [2.75, 3.05) is 6.26 Å². The normalized spacial score (nSPS) is 10.0. The van der Waals surface area contributed by atoms with Crippen molar-refractivity contribution < 1.29 is 5.11 Å². The molecule has 0 spiro atoms. The van der Waals surface area contributed by atoms with Gasteiger partial charge in [-0.1, -0.05) is 6.07 Å². The highest BCUT2D eigenvalue weighted by molar-refractivity contribution is 7.98. The molecule has 0 heterocycles. The van der Waals surface area contributed by atoms with Gasteiger partial charge < -0.3 is 10.8 Å². The molecule has 0 aliphatic rings. The lowest BCUT2D eigenvalue weighted by Gasteiger charge is -2.02. The van der Waals surface area contributed by atoms with Gasteiger partial charge in [-0.25, -0.2) is 0 Å². The van der Waals surface area contributed by atoms with Gasteiger partial charge in [-0.15, -0.1) is 11.8 Å². The molecule has 2 nitrogen and oxygen atoms in total. The van der Waals surface area contributed by atoms with Gasteiger partial charge >= 0.3 is 0 Å². The Kier molecular flexibility index (Phi) is 2.79. The molecule has 11 heavy (non-hydrogen) atoms. The third-order valence-corrected chi connectivity index (χ3v) is 2.24. The number of benzene rings is 1. The molecule has 1 aromatic rings. The third kappa shape index (κ3) is 1.88. The highest BCUT2D eigenvalue weighted by atomic mass is 32.2. The molecular weight excluding hydrogens is 158 g/mol. The summed E-state index contributed by atoms with van der Waals surface area (Å²) in [5.41, 5.74) is 6.17. The molecule has 3 N–H and O–H groups in total. The van der Waals surface area contributed by atoms with Gasteiger partial charge in [0, 0.05) is 17.0 Å². The average Bonchev–Trinajstić information content (AvgIpc) is 2.04. The van der Waals surface area contributed by atoms with Crippen LogP contribution in [-0.4, -0.2) is 11.4 Å². The molecule has 0 aromatic heterocycles. The summed E-state index contributed by atoms with van der Waals surface area (Å²) in [6.45, 7) is 0.389. The van der Waals surface area contributed by atoms with E-state index in [0.29, 0.717) is 12.3 Å². The number of phenolic OH excluding ortho intramolecular Hbond substituents is 1. The second-order valence-electron chi connectivity index (χ2n) is 2.20. The Morgan fingerprint density at radius 1 is 1.55 bits per heavy atom. The van der Waals surface area contributed by atoms with Crippen molar-refractivity contribution in [3.8, 4) is 5.75 Å². The van der Waals surface area contributed by atoms with Crippen LogP contribution in [0, 0.1) is 0 Å². The molecule has 3 heteroatoms. The Bertz CT molecular complexity index is 250. The summed E-state index contributed by atoms with van der Waals surface area (Å²) in [6, 6.07) is 5.53. The first-order chi connectivity index (χ1) is 5.27. The lowest BCUT2D eigenvalue weighted by Crippen LogP contribution is -1.95. The maximum atomic E-state index is 9.33. The summed E-state index contributed by atoms with van der Waals surface area (Å²) in [7, 11) is 0. The molecule has 0 saturated heterocycles. The molecular formula is C8H11NOS. The Hall–Kier alpha value is -0.670. The molecule has 0 radical (unpaired) electrons. The summed E-state index contributed by atoms with van der Waals surface area (Å²) in [4.78, 5) is 1.06. The Morgan fingerprint density at radius 3 is 2.73 bits per heavy atom. The van der Waals surface area contributed by atoms with Crippen LogP contribution in [0.5, 0.6) is 5.75 Å². The van der Waals surface area contributed by atoms with E-state index < -0.39 is 0 Å². The minimum atomic E-state index is 0.291. The summed E-state index contributed by atoms with van der Waals surface area (Å²) in [6.07, 6.45) is 1.97. The Labute approximate surface area is 70.4 Å². The van der Waals surface area contributed by atoms with Gasteiger partial charge in [0.1, 0.15) is 5.75 Å². The average molecular weight is 169 g/mol. The zero-order chi connectivity index (χ0) is 8.27. The molecule has 0 amide bonds. The van der Waals surface area contributed by atoms with Crippen molar-refractivity contribution in [3.63, 3.8) is 0 Å². The molecule has 60 valence electrons. The van der Waals surface area contributed by atoms with Gasteiger partial charge in [0.25, 0.3) is 0 Å². The van der Waals surface area contributed by atoms with Crippen LogP contribution >= 0.6 is 11.8 Å². The standard InChI is InChI=1S/C8H11NOS/c1-11-7-3-2-6(5-9)8(10)4-7/h2-4,10H,5,9H2,1H3. The number of aromatic hydroxyl groups is 1. The summed E-state index contributed by atoms with van der Waals surface area (Å²) in [5, 5.41) is 9.33. The third-order valence-electron chi connectivity index (χ3n) is 1.51. The first-order valence-corrected chi connectivity index (χ1v) is 4.56. The zero-order valence-corrected chi connectivity index (χ0v) is 7.19. The van der Waals surface area contributed by atoms with E-state index in [1.807, 2.05) is 18.4 Å². The highest BCUT2D eigenvalue weighted by Crippen LogP contribution is 2.23. The van der Waals surface area contributed by atoms with Gasteiger partial charge in [0.05, 0.1) is 0 Å². The van der Waals surface area contributed by atoms with E-state index in [0.717, 1.165) is 10.5 Å². The summed E-state index contributed by atoms with van der Waals surface area (Å²) in [5.74, 6) is 0.291. The molecule has 0 saturated carbocycles. The van der Waals surface area contributed by atoms with Crippen LogP contribution in [0.2, 0.25) is 0 Å². The smallest absolute Gasteiger partial charge is 0.121 e. The van der Waals surface area contributed by atoms with E-state index in [-0.39, 0.29) is 0 Å². The first kappa shape index (κ1) is 8.43. The number of thioether (sulfide) groups is 1. The van der Waals surface area contributed by atoms with Crippen LogP contribution in [0.25, 0.3) is 0 Å². The van der Waals surface area contributed by atoms with Gasteiger partial charge in [0.2, 0.25) is 0 Å². The first-order valence-electron chi connectivity index (χ1n) is 3.34. The van der Waals surface area contributed by atoms with E-state index >= 15 is 0 Å². The predicted molar refractivity (Wildman–Crippen MR) is 47.8 cm³/mol. The molecule has 0 atom stereocenters. The number of hydrogen-bond donors (Lipinski definition) is 2. The zero-order valence-electron chi connectivity index (χ0n) is 6.37. The monoisotopic (exact) mass is 169 g/mol. The second kappa shape index (κ2) is 3.64. The minimum absolute atomic E-state index is 0.291. The molecule has 0 unspecified atom stereocenters. The fraction of sp³-hybridized carbons (Fsp3) is 0.250. The van der Waals surface area contributed by atoms with Gasteiger partial charge in [-0.2, -0.15) is 0 Å². The number of rotatable bonds is 2. The van der Waals surface area contributed by atoms with Crippen molar-refractivity contribution in [3.05, 3.63) is 23.8 Å². The summed E-state index contributed by atoms with van der Waals surface area (Å²) < 4.78 is 0. The maximum Gasteiger partial charge on any atom is 0.121 e. The van der Waals surface area contributed by atoms with E-state index in [1.54, 1.807) is 17.8 Å². The fourth-order valence-corrected chi connectivity index (χ4v) is 1.28. The van der Waals surface area contributed by atoms with E-state index in [9.17, 15) is 5.11 Å². The number of phenols is 1. The Balaban J connectivity index is 2.99. The second-order valence-corrected chi connectivity index (χ2v) is 3.08. The predicted octanol–water partition coefficient (Wildman–Crippen LogP) is 1.57. The van der Waals surface area contributed by atoms with E-state index in [4.69, 9.17) is 5.73 Å². The lowest BCUT2D eigenvalue weighted by molar-refractivity contribution is 0.467. The Morgan fingerprint density at radius 2 is 2.27 bits per heavy atom. The van der Waals surface area contributed by atoms with E-state index in [2.05, 4.69) is 0 Å². The van der Waals surface area contributed by atoms with Crippen LogP contribution < -0.4 is 5.73 Å². The molecule has 0 fully saturated rings. The maximum absolute atomic E-state index is 9.33. The van der Waals surface area contributed by atoms with Crippen molar-refractivity contribution >= 4 is 11.8 Å². The fourth-order valence-electron chi connectivity index (χ4n) is 0.843. The lowest BCUT2D eigenvalue weighted by atomic mass is 10.2. The van der Waals surface area contributed by atoms with Crippen molar-refractivity contribution in [2.45, 2.75) is 11.4 Å². The van der Waals surface area contributed by atoms with Crippen LogP contribution in [0.4, 0.5) is 0 Å². The van der Waals surface area contributed by atoms with Gasteiger partial charge in [-0.05, 0) is 18.4 Å². The topological polar surface area (TPSA) is 46.2 Å². The molecule has 0 aliphatic carbocycles. The van der Waals surface area contributed by atoms with Crippen molar-refractivity contribution in [2.24, 2.45) is 5.73 Å². The highest BCUT2D eigenvalue weighted by Gasteiger charge is 1.98. The molecule has 0 bridgehead atoms. The quantitative estimate of drug-likeness (QED) is 0.661. The molecule has 0 aliphatic heterocycles. The minimum Gasteiger partial charge on any atom is -0.508 e. The van der Waals surface area contributed by atoms with Gasteiger partial charge in [-0.3, -0.25) is 0 Å². The number of nitrogens with two attached hydrogens (primary N) is 1. The van der Waals surface area contributed by atoms with Gasteiger partial charge in [0.15, 0.2) is 0 Å². The summed E-state index contributed by atoms with van der Waals surface area (Å²) >= 11 is 1.60. The van der Waals surface area contributed by atoms with Crippen LogP contribution in [0.3, 0.4) is 0 Å². The molecule has 1 aromatic carbocycles. The SMILES string of the molecule is CSc1ccc(CN)c(O)c1. The largest absolute Gasteiger partial charge is 0.508 e. The van der Waals surface area contributed by atoms with Crippen molar-refractivity contribution in [1.29, 1.82) is 0 Å².